The highest BCUT2D eigenvalue weighted by Crippen LogP contribution is 2.34. The van der Waals surface area contributed by atoms with Gasteiger partial charge in [-0.15, -0.1) is 0 Å². The minimum Gasteiger partial charge on any atom is -0.481 e. The van der Waals surface area contributed by atoms with Crippen molar-refractivity contribution in [3.8, 4) is 0 Å². The van der Waals surface area contributed by atoms with Gasteiger partial charge in [-0.25, -0.2) is 0 Å². The van der Waals surface area contributed by atoms with Crippen molar-refractivity contribution in [3.63, 3.8) is 0 Å². The SMILES string of the molecule is Cn1cc(C(=O)N2CCCC(CCC(=O)O)C2)c(C2CCCCC2)n1. The van der Waals surface area contributed by atoms with Crippen LogP contribution in [0.3, 0.4) is 0 Å². The minimum atomic E-state index is -0.754. The zero-order valence-corrected chi connectivity index (χ0v) is 15.1. The van der Waals surface area contributed by atoms with Crippen LogP contribution in [0.15, 0.2) is 6.20 Å². The van der Waals surface area contributed by atoms with Crippen LogP contribution in [-0.2, 0) is 11.8 Å². The first-order valence-corrected chi connectivity index (χ1v) is 9.59. The van der Waals surface area contributed by atoms with Gasteiger partial charge in [0.1, 0.15) is 0 Å². The molecule has 6 heteroatoms. The molecule has 0 spiro atoms. The number of carboxylic acids is 1. The predicted molar refractivity (Wildman–Crippen MR) is 94.5 cm³/mol. The number of aliphatic carboxylic acids is 1. The first kappa shape index (κ1) is 18.0. The minimum absolute atomic E-state index is 0.0775. The van der Waals surface area contributed by atoms with E-state index in [9.17, 15) is 9.59 Å². The van der Waals surface area contributed by atoms with E-state index in [4.69, 9.17) is 5.11 Å². The molecule has 1 saturated heterocycles. The van der Waals surface area contributed by atoms with E-state index in [0.717, 1.165) is 43.5 Å². The lowest BCUT2D eigenvalue weighted by molar-refractivity contribution is -0.137. The lowest BCUT2D eigenvalue weighted by atomic mass is 9.85. The van der Waals surface area contributed by atoms with E-state index < -0.39 is 5.97 Å². The summed E-state index contributed by atoms with van der Waals surface area (Å²) in [6.45, 7) is 1.44. The van der Waals surface area contributed by atoms with Crippen molar-refractivity contribution < 1.29 is 14.7 Å². The lowest BCUT2D eigenvalue weighted by Crippen LogP contribution is -2.40. The Hall–Kier alpha value is -1.85. The molecule has 2 aliphatic rings. The van der Waals surface area contributed by atoms with Crippen molar-refractivity contribution in [1.29, 1.82) is 0 Å². The van der Waals surface area contributed by atoms with Gasteiger partial charge in [0.15, 0.2) is 0 Å². The molecule has 1 N–H and O–H groups in total. The van der Waals surface area contributed by atoms with Crippen LogP contribution in [0.2, 0.25) is 0 Å². The van der Waals surface area contributed by atoms with Gasteiger partial charge in [0.2, 0.25) is 0 Å². The lowest BCUT2D eigenvalue weighted by Gasteiger charge is -2.33. The highest BCUT2D eigenvalue weighted by atomic mass is 16.4. The third kappa shape index (κ3) is 4.41. The summed E-state index contributed by atoms with van der Waals surface area (Å²) in [5, 5.41) is 13.5. The number of amides is 1. The summed E-state index contributed by atoms with van der Waals surface area (Å²) in [5.74, 6) is 0.0223. The molecule has 2 heterocycles. The average Bonchev–Trinajstić information content (AvgIpc) is 3.02. The molecular weight excluding hydrogens is 318 g/mol. The molecule has 3 rings (SSSR count). The third-order valence-electron chi connectivity index (χ3n) is 5.65. The molecule has 1 aliphatic heterocycles. The fraction of sp³-hybridized carbons (Fsp3) is 0.737. The number of likely N-dealkylation sites (tertiary alicyclic amines) is 1. The van der Waals surface area contributed by atoms with Crippen molar-refractivity contribution in [2.45, 2.75) is 63.7 Å². The van der Waals surface area contributed by atoms with Gasteiger partial charge in [0, 0.05) is 38.7 Å². The molecule has 138 valence electrons. The standard InChI is InChI=1S/C19H29N3O3/c1-21-13-16(18(20-21)15-7-3-2-4-8-15)19(25)22-11-5-6-14(12-22)9-10-17(23)24/h13-15H,2-12H2,1H3,(H,23,24). The van der Waals surface area contributed by atoms with Gasteiger partial charge in [0.05, 0.1) is 11.3 Å². The Bertz CT molecular complexity index is 619. The van der Waals surface area contributed by atoms with E-state index in [1.165, 1.54) is 19.3 Å². The quantitative estimate of drug-likeness (QED) is 0.887. The molecule has 0 radical (unpaired) electrons. The highest BCUT2D eigenvalue weighted by molar-refractivity contribution is 5.95. The summed E-state index contributed by atoms with van der Waals surface area (Å²) in [4.78, 5) is 25.8. The van der Waals surface area contributed by atoms with E-state index in [0.29, 0.717) is 24.8 Å². The number of aryl methyl sites for hydroxylation is 1. The van der Waals surface area contributed by atoms with Crippen LogP contribution in [0, 0.1) is 5.92 Å². The molecule has 2 fully saturated rings. The fourth-order valence-electron chi connectivity index (χ4n) is 4.33. The van der Waals surface area contributed by atoms with Crippen LogP contribution in [0.5, 0.6) is 0 Å². The Kier molecular flexibility index (Phi) is 5.76. The monoisotopic (exact) mass is 347 g/mol. The first-order valence-electron chi connectivity index (χ1n) is 9.59. The summed E-state index contributed by atoms with van der Waals surface area (Å²) in [7, 11) is 1.88. The number of carboxylic acid groups (broad SMARTS) is 1. The molecule has 6 nitrogen and oxygen atoms in total. The van der Waals surface area contributed by atoms with Gasteiger partial charge >= 0.3 is 5.97 Å². The van der Waals surface area contributed by atoms with Crippen molar-refractivity contribution in [2.24, 2.45) is 13.0 Å². The number of carbonyl (C=O) groups is 2. The second-order valence-corrected chi connectivity index (χ2v) is 7.63. The van der Waals surface area contributed by atoms with Crippen LogP contribution in [0.1, 0.15) is 79.8 Å². The maximum Gasteiger partial charge on any atom is 0.303 e. The fourth-order valence-corrected chi connectivity index (χ4v) is 4.33. The zero-order valence-electron chi connectivity index (χ0n) is 15.1. The number of rotatable bonds is 5. The highest BCUT2D eigenvalue weighted by Gasteiger charge is 2.30. The van der Waals surface area contributed by atoms with Crippen LogP contribution in [-0.4, -0.2) is 44.8 Å². The Morgan fingerprint density at radius 2 is 1.96 bits per heavy atom. The summed E-state index contributed by atoms with van der Waals surface area (Å²) < 4.78 is 1.77. The number of hydrogen-bond donors (Lipinski definition) is 1. The Balaban J connectivity index is 1.70. The molecule has 1 aromatic heterocycles. The largest absolute Gasteiger partial charge is 0.481 e. The zero-order chi connectivity index (χ0) is 17.8. The average molecular weight is 347 g/mol. The normalized spacial score (nSPS) is 22.1. The van der Waals surface area contributed by atoms with Gasteiger partial charge < -0.3 is 10.0 Å². The molecule has 0 bridgehead atoms. The van der Waals surface area contributed by atoms with Crippen LogP contribution >= 0.6 is 0 Å². The number of piperidine rings is 1. The van der Waals surface area contributed by atoms with Gasteiger partial charge in [-0.05, 0) is 38.0 Å². The smallest absolute Gasteiger partial charge is 0.303 e. The molecule has 1 unspecified atom stereocenters. The van der Waals surface area contributed by atoms with E-state index >= 15 is 0 Å². The first-order chi connectivity index (χ1) is 12.0. The van der Waals surface area contributed by atoms with Crippen LogP contribution < -0.4 is 0 Å². The van der Waals surface area contributed by atoms with E-state index in [1.807, 2.05) is 18.1 Å². The summed E-state index contributed by atoms with van der Waals surface area (Å²) >= 11 is 0. The molecule has 1 atom stereocenters. The number of hydrogen-bond acceptors (Lipinski definition) is 3. The second kappa shape index (κ2) is 8.02. The molecule has 1 aromatic rings. The summed E-state index contributed by atoms with van der Waals surface area (Å²) in [6, 6.07) is 0. The molecule has 1 saturated carbocycles. The van der Waals surface area contributed by atoms with E-state index in [2.05, 4.69) is 5.10 Å². The maximum absolute atomic E-state index is 13.1. The van der Waals surface area contributed by atoms with Crippen molar-refractivity contribution in [3.05, 3.63) is 17.5 Å². The predicted octanol–water partition coefficient (Wildman–Crippen LogP) is 3.18. The van der Waals surface area contributed by atoms with Crippen molar-refractivity contribution in [1.82, 2.24) is 14.7 Å². The molecule has 1 amide bonds. The summed E-state index contributed by atoms with van der Waals surface area (Å²) in [6.07, 6.45) is 10.6. The van der Waals surface area contributed by atoms with Crippen molar-refractivity contribution in [2.75, 3.05) is 13.1 Å². The maximum atomic E-state index is 13.1. The summed E-state index contributed by atoms with van der Waals surface area (Å²) in [5.41, 5.74) is 1.73. The molecule has 25 heavy (non-hydrogen) atoms. The van der Waals surface area contributed by atoms with Gasteiger partial charge in [-0.1, -0.05) is 19.3 Å². The van der Waals surface area contributed by atoms with Gasteiger partial charge in [-0.3, -0.25) is 14.3 Å². The third-order valence-corrected chi connectivity index (χ3v) is 5.65. The number of nitrogens with zero attached hydrogens (tertiary/aromatic N) is 3. The molecule has 1 aliphatic carbocycles. The van der Waals surface area contributed by atoms with E-state index in [1.54, 1.807) is 4.68 Å². The molecule has 0 aromatic carbocycles. The Morgan fingerprint density at radius 1 is 1.20 bits per heavy atom. The van der Waals surface area contributed by atoms with Gasteiger partial charge in [-0.2, -0.15) is 5.10 Å². The van der Waals surface area contributed by atoms with Crippen molar-refractivity contribution >= 4 is 11.9 Å². The second-order valence-electron chi connectivity index (χ2n) is 7.63. The van der Waals surface area contributed by atoms with Gasteiger partial charge in [0.25, 0.3) is 5.91 Å². The van der Waals surface area contributed by atoms with E-state index in [-0.39, 0.29) is 12.3 Å². The number of carbonyl (C=O) groups excluding carboxylic acids is 1. The Morgan fingerprint density at radius 3 is 2.68 bits per heavy atom. The Labute approximate surface area is 149 Å². The van der Waals surface area contributed by atoms with Crippen LogP contribution in [0.4, 0.5) is 0 Å². The number of aromatic nitrogens is 2. The van der Waals surface area contributed by atoms with Crippen LogP contribution in [0.25, 0.3) is 0 Å². The topological polar surface area (TPSA) is 75.4 Å². The molecular formula is C19H29N3O3.